The Morgan fingerprint density at radius 3 is 2.84 bits per heavy atom. The van der Waals surface area contributed by atoms with Gasteiger partial charge in [-0.25, -0.2) is 4.79 Å². The zero-order valence-electron chi connectivity index (χ0n) is 11.0. The van der Waals surface area contributed by atoms with Crippen LogP contribution in [-0.2, 0) is 9.53 Å². The van der Waals surface area contributed by atoms with Crippen molar-refractivity contribution in [1.82, 2.24) is 10.6 Å². The lowest BCUT2D eigenvalue weighted by Crippen LogP contribution is -2.45. The molecule has 2 N–H and O–H groups in total. The Labute approximate surface area is 121 Å². The second-order valence-electron chi connectivity index (χ2n) is 4.58. The van der Waals surface area contributed by atoms with Gasteiger partial charge in [-0.2, -0.15) is 11.3 Å². The molecular formula is C13H16N2O2S2. The van der Waals surface area contributed by atoms with Crippen LogP contribution in [0.1, 0.15) is 32.4 Å². The van der Waals surface area contributed by atoms with E-state index in [1.807, 2.05) is 37.6 Å². The number of carbonyl (C=O) groups is 1. The van der Waals surface area contributed by atoms with Crippen molar-refractivity contribution in [1.29, 1.82) is 0 Å². The van der Waals surface area contributed by atoms with E-state index < -0.39 is 0 Å². The molecule has 19 heavy (non-hydrogen) atoms. The Bertz CT molecular complexity index is 521. The minimum atomic E-state index is -0.314. The fourth-order valence-electron chi connectivity index (χ4n) is 1.93. The molecule has 0 fully saturated rings. The first-order chi connectivity index (χ1) is 8.99. The molecule has 0 radical (unpaired) electrons. The minimum absolute atomic E-state index is 0.148. The van der Waals surface area contributed by atoms with Crippen molar-refractivity contribution in [3.8, 4) is 0 Å². The maximum absolute atomic E-state index is 12.2. The lowest BCUT2D eigenvalue weighted by atomic mass is 9.98. The standard InChI is InChI=1S/C13H16N2O2S2/c1-7(2)17-12(16)10-8(3)14-13(18)15-11(10)9-4-5-19-6-9/h4-7,11H,1-3H3,(H2,14,15,18). The molecule has 0 saturated heterocycles. The molecule has 0 bridgehead atoms. The van der Waals surface area contributed by atoms with Crippen molar-refractivity contribution < 1.29 is 9.53 Å². The zero-order valence-corrected chi connectivity index (χ0v) is 12.7. The molecule has 6 heteroatoms. The molecule has 1 aromatic rings. The number of hydrogen-bond acceptors (Lipinski definition) is 4. The molecule has 0 aliphatic carbocycles. The zero-order chi connectivity index (χ0) is 14.0. The van der Waals surface area contributed by atoms with E-state index in [1.165, 1.54) is 0 Å². The molecule has 2 heterocycles. The molecule has 0 aromatic carbocycles. The van der Waals surface area contributed by atoms with E-state index in [0.29, 0.717) is 10.7 Å². The van der Waals surface area contributed by atoms with Gasteiger partial charge in [0.05, 0.1) is 17.7 Å². The van der Waals surface area contributed by atoms with Gasteiger partial charge >= 0.3 is 5.97 Å². The van der Waals surface area contributed by atoms with E-state index in [1.54, 1.807) is 11.3 Å². The van der Waals surface area contributed by atoms with Gasteiger partial charge in [0.25, 0.3) is 0 Å². The summed E-state index contributed by atoms with van der Waals surface area (Å²) in [5.41, 5.74) is 2.34. The molecule has 0 spiro atoms. The number of carbonyl (C=O) groups excluding carboxylic acids is 1. The number of thiocarbonyl (C=S) groups is 1. The fourth-order valence-corrected chi connectivity index (χ4v) is 2.89. The number of esters is 1. The predicted molar refractivity (Wildman–Crippen MR) is 79.9 cm³/mol. The molecule has 0 amide bonds. The van der Waals surface area contributed by atoms with Crippen molar-refractivity contribution in [2.24, 2.45) is 0 Å². The largest absolute Gasteiger partial charge is 0.459 e. The monoisotopic (exact) mass is 296 g/mol. The number of ether oxygens (including phenoxy) is 1. The maximum atomic E-state index is 12.2. The van der Waals surface area contributed by atoms with Crippen LogP contribution in [-0.4, -0.2) is 17.2 Å². The SMILES string of the molecule is CC1=C(C(=O)OC(C)C)C(c2ccsc2)NC(=S)N1. The van der Waals surface area contributed by atoms with Crippen LogP contribution in [0.2, 0.25) is 0 Å². The van der Waals surface area contributed by atoms with Crippen molar-refractivity contribution in [3.63, 3.8) is 0 Å². The molecule has 1 aliphatic heterocycles. The van der Waals surface area contributed by atoms with Crippen molar-refractivity contribution in [2.75, 3.05) is 0 Å². The topological polar surface area (TPSA) is 50.4 Å². The van der Waals surface area contributed by atoms with E-state index in [2.05, 4.69) is 10.6 Å². The third-order valence-electron chi connectivity index (χ3n) is 2.71. The highest BCUT2D eigenvalue weighted by atomic mass is 32.1. The maximum Gasteiger partial charge on any atom is 0.338 e. The Morgan fingerprint density at radius 1 is 1.53 bits per heavy atom. The van der Waals surface area contributed by atoms with Crippen LogP contribution in [0.3, 0.4) is 0 Å². The van der Waals surface area contributed by atoms with E-state index in [-0.39, 0.29) is 18.1 Å². The molecular weight excluding hydrogens is 280 g/mol. The minimum Gasteiger partial charge on any atom is -0.459 e. The lowest BCUT2D eigenvalue weighted by Gasteiger charge is -2.29. The van der Waals surface area contributed by atoms with Crippen molar-refractivity contribution >= 4 is 34.6 Å². The summed E-state index contributed by atoms with van der Waals surface area (Å²) in [5, 5.41) is 10.6. The highest BCUT2D eigenvalue weighted by molar-refractivity contribution is 7.80. The fraction of sp³-hybridized carbons (Fsp3) is 0.385. The quantitative estimate of drug-likeness (QED) is 0.663. The van der Waals surface area contributed by atoms with E-state index >= 15 is 0 Å². The van der Waals surface area contributed by atoms with Gasteiger partial charge in [0.2, 0.25) is 0 Å². The number of thiophene rings is 1. The second kappa shape index (κ2) is 5.71. The molecule has 1 aromatic heterocycles. The molecule has 1 unspecified atom stereocenters. The number of hydrogen-bond donors (Lipinski definition) is 2. The lowest BCUT2D eigenvalue weighted by molar-refractivity contribution is -0.143. The molecule has 0 saturated carbocycles. The predicted octanol–water partition coefficient (Wildman–Crippen LogP) is 2.49. The van der Waals surface area contributed by atoms with Crippen LogP contribution in [0, 0.1) is 0 Å². The Morgan fingerprint density at radius 2 is 2.26 bits per heavy atom. The molecule has 1 aliphatic rings. The summed E-state index contributed by atoms with van der Waals surface area (Å²) in [6, 6.07) is 1.73. The Kier molecular flexibility index (Phi) is 4.21. The van der Waals surface area contributed by atoms with Gasteiger partial charge < -0.3 is 15.4 Å². The first-order valence-corrected chi connectivity index (χ1v) is 7.35. The van der Waals surface area contributed by atoms with Crippen LogP contribution >= 0.6 is 23.6 Å². The smallest absolute Gasteiger partial charge is 0.338 e. The van der Waals surface area contributed by atoms with Crippen LogP contribution in [0.5, 0.6) is 0 Å². The third-order valence-corrected chi connectivity index (χ3v) is 3.63. The van der Waals surface area contributed by atoms with Crippen LogP contribution in [0.25, 0.3) is 0 Å². The van der Waals surface area contributed by atoms with E-state index in [4.69, 9.17) is 17.0 Å². The van der Waals surface area contributed by atoms with Gasteiger partial charge in [-0.1, -0.05) is 0 Å². The van der Waals surface area contributed by atoms with Gasteiger partial charge in [0.15, 0.2) is 5.11 Å². The summed E-state index contributed by atoms with van der Waals surface area (Å²) in [6.45, 7) is 5.51. The normalized spacial score (nSPS) is 19.2. The van der Waals surface area contributed by atoms with Crippen LogP contribution in [0.15, 0.2) is 28.1 Å². The Hall–Kier alpha value is -1.40. The van der Waals surface area contributed by atoms with Gasteiger partial charge in [-0.3, -0.25) is 0 Å². The summed E-state index contributed by atoms with van der Waals surface area (Å²) in [4.78, 5) is 12.2. The Balaban J connectivity index is 2.36. The average molecular weight is 296 g/mol. The average Bonchev–Trinajstić information content (AvgIpc) is 2.79. The highest BCUT2D eigenvalue weighted by Gasteiger charge is 2.31. The summed E-state index contributed by atoms with van der Waals surface area (Å²) in [5.74, 6) is -0.314. The van der Waals surface area contributed by atoms with Gasteiger partial charge in [0, 0.05) is 5.70 Å². The summed E-state index contributed by atoms with van der Waals surface area (Å²) in [7, 11) is 0. The summed E-state index contributed by atoms with van der Waals surface area (Å²) < 4.78 is 5.31. The number of rotatable bonds is 3. The molecule has 102 valence electrons. The summed E-state index contributed by atoms with van der Waals surface area (Å²) >= 11 is 6.74. The van der Waals surface area contributed by atoms with Crippen LogP contribution in [0.4, 0.5) is 0 Å². The molecule has 1 atom stereocenters. The van der Waals surface area contributed by atoms with Crippen LogP contribution < -0.4 is 10.6 Å². The van der Waals surface area contributed by atoms with Gasteiger partial charge in [-0.05, 0) is 55.4 Å². The highest BCUT2D eigenvalue weighted by Crippen LogP contribution is 2.29. The van der Waals surface area contributed by atoms with E-state index in [0.717, 1.165) is 11.3 Å². The van der Waals surface area contributed by atoms with Gasteiger partial charge in [-0.15, -0.1) is 0 Å². The van der Waals surface area contributed by atoms with E-state index in [9.17, 15) is 4.79 Å². The number of nitrogens with one attached hydrogen (secondary N) is 2. The summed E-state index contributed by atoms with van der Waals surface area (Å²) in [6.07, 6.45) is -0.148. The third kappa shape index (κ3) is 3.13. The second-order valence-corrected chi connectivity index (χ2v) is 5.77. The number of allylic oxidation sites excluding steroid dienone is 1. The molecule has 2 rings (SSSR count). The first kappa shape index (κ1) is 14.0. The molecule has 4 nitrogen and oxygen atoms in total. The first-order valence-electron chi connectivity index (χ1n) is 6.00. The van der Waals surface area contributed by atoms with Crippen molar-refractivity contribution in [2.45, 2.75) is 32.9 Å². The van der Waals surface area contributed by atoms with Gasteiger partial charge in [0.1, 0.15) is 0 Å². The van der Waals surface area contributed by atoms with Crippen molar-refractivity contribution in [3.05, 3.63) is 33.7 Å².